The summed E-state index contributed by atoms with van der Waals surface area (Å²) in [6, 6.07) is 12.6. The summed E-state index contributed by atoms with van der Waals surface area (Å²) in [5.74, 6) is -0.201. The number of para-hydroxylation sites is 1. The second-order valence-corrected chi connectivity index (χ2v) is 7.34. The predicted octanol–water partition coefficient (Wildman–Crippen LogP) is 3.27. The number of methoxy groups -OCH3 is 1. The summed E-state index contributed by atoms with van der Waals surface area (Å²) >= 11 is 6.28. The third kappa shape index (κ3) is 4.94. The van der Waals surface area contributed by atoms with E-state index in [4.69, 9.17) is 16.3 Å². The molecule has 2 aromatic carbocycles. The Balaban J connectivity index is 1.50. The van der Waals surface area contributed by atoms with E-state index in [1.165, 1.54) is 13.2 Å². The number of rotatable bonds is 6. The minimum absolute atomic E-state index is 0.0161. The lowest BCUT2D eigenvalue weighted by molar-refractivity contribution is -0.131. The standard InChI is InChI=1S/C21H25ClFN3O2/c1-24(14-16-7-8-20(28-2)18(23)13-16)21(27)15-25-9-11-26(12-10-25)19-6-4-3-5-17(19)22/h3-8,13H,9-12,14-15H2,1-2H3. The maximum Gasteiger partial charge on any atom is 0.236 e. The quantitative estimate of drug-likeness (QED) is 0.739. The molecule has 28 heavy (non-hydrogen) atoms. The van der Waals surface area contributed by atoms with Crippen molar-refractivity contribution >= 4 is 23.2 Å². The number of likely N-dealkylation sites (N-methyl/N-ethyl adjacent to an activating group) is 1. The van der Waals surface area contributed by atoms with E-state index in [2.05, 4.69) is 9.80 Å². The maximum atomic E-state index is 13.8. The Bertz CT molecular complexity index is 825. The summed E-state index contributed by atoms with van der Waals surface area (Å²) in [4.78, 5) is 18.6. The smallest absolute Gasteiger partial charge is 0.236 e. The topological polar surface area (TPSA) is 36.0 Å². The molecule has 0 saturated carbocycles. The molecule has 0 bridgehead atoms. The Morgan fingerprint density at radius 3 is 2.54 bits per heavy atom. The lowest BCUT2D eigenvalue weighted by Crippen LogP contribution is -2.49. The number of carbonyl (C=O) groups excluding carboxylic acids is 1. The van der Waals surface area contributed by atoms with Gasteiger partial charge in [0.1, 0.15) is 0 Å². The van der Waals surface area contributed by atoms with E-state index in [0.29, 0.717) is 13.1 Å². The number of anilines is 1. The van der Waals surface area contributed by atoms with Crippen LogP contribution in [-0.4, -0.2) is 62.6 Å². The van der Waals surface area contributed by atoms with Crippen LogP contribution in [0.25, 0.3) is 0 Å². The minimum Gasteiger partial charge on any atom is -0.494 e. The molecular weight excluding hydrogens is 381 g/mol. The van der Waals surface area contributed by atoms with Gasteiger partial charge in [0.2, 0.25) is 5.91 Å². The molecule has 0 atom stereocenters. The van der Waals surface area contributed by atoms with Gasteiger partial charge in [0.05, 0.1) is 24.4 Å². The number of benzene rings is 2. The summed E-state index contributed by atoms with van der Waals surface area (Å²) in [6.45, 7) is 3.95. The van der Waals surface area contributed by atoms with Crippen molar-refractivity contribution in [1.29, 1.82) is 0 Å². The monoisotopic (exact) mass is 405 g/mol. The second kappa shape index (κ2) is 9.26. The zero-order valence-corrected chi connectivity index (χ0v) is 17.0. The average molecular weight is 406 g/mol. The molecule has 150 valence electrons. The van der Waals surface area contributed by atoms with Gasteiger partial charge in [-0.25, -0.2) is 4.39 Å². The number of hydrogen-bond donors (Lipinski definition) is 0. The number of piperazine rings is 1. The lowest BCUT2D eigenvalue weighted by atomic mass is 10.2. The molecule has 2 aromatic rings. The fourth-order valence-corrected chi connectivity index (χ4v) is 3.59. The molecule has 1 amide bonds. The number of carbonyl (C=O) groups is 1. The van der Waals surface area contributed by atoms with Crippen molar-refractivity contribution < 1.29 is 13.9 Å². The highest BCUT2D eigenvalue weighted by atomic mass is 35.5. The van der Waals surface area contributed by atoms with Gasteiger partial charge in [-0.05, 0) is 29.8 Å². The highest BCUT2D eigenvalue weighted by molar-refractivity contribution is 6.33. The van der Waals surface area contributed by atoms with Gasteiger partial charge in [-0.1, -0.05) is 29.8 Å². The molecule has 1 aliphatic rings. The van der Waals surface area contributed by atoms with Gasteiger partial charge in [-0.3, -0.25) is 9.69 Å². The molecule has 3 rings (SSSR count). The minimum atomic E-state index is -0.420. The van der Waals surface area contributed by atoms with Crippen LogP contribution in [0, 0.1) is 5.82 Å². The molecule has 5 nitrogen and oxygen atoms in total. The van der Waals surface area contributed by atoms with E-state index in [0.717, 1.165) is 42.5 Å². The van der Waals surface area contributed by atoms with Crippen LogP contribution in [-0.2, 0) is 11.3 Å². The third-order valence-electron chi connectivity index (χ3n) is 4.99. The molecule has 0 spiro atoms. The number of halogens is 2. The Labute approximate surface area is 170 Å². The summed E-state index contributed by atoms with van der Waals surface area (Å²) in [7, 11) is 3.17. The first kappa shape index (κ1) is 20.4. The first-order chi connectivity index (χ1) is 13.5. The zero-order chi connectivity index (χ0) is 20.1. The predicted molar refractivity (Wildman–Crippen MR) is 110 cm³/mol. The van der Waals surface area contributed by atoms with Crippen molar-refractivity contribution in [3.63, 3.8) is 0 Å². The lowest BCUT2D eigenvalue weighted by Gasteiger charge is -2.36. The van der Waals surface area contributed by atoms with Crippen LogP contribution < -0.4 is 9.64 Å². The van der Waals surface area contributed by atoms with Crippen LogP contribution in [0.1, 0.15) is 5.56 Å². The Morgan fingerprint density at radius 1 is 1.18 bits per heavy atom. The average Bonchev–Trinajstić information content (AvgIpc) is 2.69. The Kier molecular flexibility index (Phi) is 6.75. The summed E-state index contributed by atoms with van der Waals surface area (Å²) in [5.41, 5.74) is 1.77. The number of amides is 1. The van der Waals surface area contributed by atoms with Crippen molar-refractivity contribution in [2.24, 2.45) is 0 Å². The van der Waals surface area contributed by atoms with Crippen molar-refractivity contribution in [2.75, 3.05) is 51.8 Å². The molecule has 1 fully saturated rings. The maximum absolute atomic E-state index is 13.8. The van der Waals surface area contributed by atoms with Crippen LogP contribution in [0.3, 0.4) is 0 Å². The van der Waals surface area contributed by atoms with Gasteiger partial charge in [-0.2, -0.15) is 0 Å². The molecule has 0 aliphatic carbocycles. The molecule has 1 saturated heterocycles. The highest BCUT2D eigenvalue weighted by Crippen LogP contribution is 2.26. The van der Waals surface area contributed by atoms with Gasteiger partial charge in [0.25, 0.3) is 0 Å². The van der Waals surface area contributed by atoms with E-state index >= 15 is 0 Å². The number of nitrogens with zero attached hydrogens (tertiary/aromatic N) is 3. The van der Waals surface area contributed by atoms with E-state index in [9.17, 15) is 9.18 Å². The van der Waals surface area contributed by atoms with Gasteiger partial charge < -0.3 is 14.5 Å². The third-order valence-corrected chi connectivity index (χ3v) is 5.31. The van der Waals surface area contributed by atoms with Crippen LogP contribution in [0.5, 0.6) is 5.75 Å². The highest BCUT2D eigenvalue weighted by Gasteiger charge is 2.22. The first-order valence-corrected chi connectivity index (χ1v) is 9.64. The molecule has 0 N–H and O–H groups in total. The fourth-order valence-electron chi connectivity index (χ4n) is 3.34. The van der Waals surface area contributed by atoms with Crippen LogP contribution >= 0.6 is 11.6 Å². The van der Waals surface area contributed by atoms with Crippen molar-refractivity contribution in [2.45, 2.75) is 6.54 Å². The molecular formula is C21H25ClFN3O2. The van der Waals surface area contributed by atoms with Gasteiger partial charge in [0.15, 0.2) is 11.6 Å². The molecule has 1 aliphatic heterocycles. The molecule has 0 unspecified atom stereocenters. The number of hydrogen-bond acceptors (Lipinski definition) is 4. The van der Waals surface area contributed by atoms with Gasteiger partial charge in [0, 0.05) is 39.8 Å². The summed E-state index contributed by atoms with van der Waals surface area (Å²) in [6.07, 6.45) is 0. The van der Waals surface area contributed by atoms with Crippen LogP contribution in [0.2, 0.25) is 5.02 Å². The van der Waals surface area contributed by atoms with Gasteiger partial charge >= 0.3 is 0 Å². The molecule has 0 aromatic heterocycles. The Morgan fingerprint density at radius 2 is 1.89 bits per heavy atom. The van der Waals surface area contributed by atoms with Crippen molar-refractivity contribution in [3.05, 3.63) is 58.9 Å². The van der Waals surface area contributed by atoms with Crippen molar-refractivity contribution in [1.82, 2.24) is 9.80 Å². The SMILES string of the molecule is COc1ccc(CN(C)C(=O)CN2CCN(c3ccccc3Cl)CC2)cc1F. The van der Waals surface area contributed by atoms with E-state index in [1.807, 2.05) is 24.3 Å². The first-order valence-electron chi connectivity index (χ1n) is 9.26. The van der Waals surface area contributed by atoms with Crippen LogP contribution in [0.15, 0.2) is 42.5 Å². The number of ether oxygens (including phenoxy) is 1. The zero-order valence-electron chi connectivity index (χ0n) is 16.2. The second-order valence-electron chi connectivity index (χ2n) is 6.93. The van der Waals surface area contributed by atoms with E-state index < -0.39 is 5.82 Å². The van der Waals surface area contributed by atoms with Crippen molar-refractivity contribution in [3.8, 4) is 5.75 Å². The summed E-state index contributed by atoms with van der Waals surface area (Å²) in [5, 5.41) is 0.749. The normalized spacial score (nSPS) is 14.8. The molecule has 0 radical (unpaired) electrons. The molecule has 1 heterocycles. The van der Waals surface area contributed by atoms with Crippen LogP contribution in [0.4, 0.5) is 10.1 Å². The largest absolute Gasteiger partial charge is 0.494 e. The van der Waals surface area contributed by atoms with E-state index in [1.54, 1.807) is 24.1 Å². The molecule has 7 heteroatoms. The van der Waals surface area contributed by atoms with E-state index in [-0.39, 0.29) is 11.7 Å². The Hall–Kier alpha value is -2.31. The van der Waals surface area contributed by atoms with Gasteiger partial charge in [-0.15, -0.1) is 0 Å². The summed E-state index contributed by atoms with van der Waals surface area (Å²) < 4.78 is 18.8. The fraction of sp³-hybridized carbons (Fsp3) is 0.381.